The molecular weight excluding hydrogens is 224 g/mol. The molecule has 0 radical (unpaired) electrons. The molecule has 74 valence electrons. The number of anilines is 1. The van der Waals surface area contributed by atoms with E-state index in [2.05, 4.69) is 22.9 Å². The number of nitrogens with one attached hydrogen (secondary N) is 1. The first-order valence-corrected chi connectivity index (χ1v) is 4.27. The van der Waals surface area contributed by atoms with Gasteiger partial charge in [0.25, 0.3) is 0 Å². The zero-order valence-corrected chi connectivity index (χ0v) is 8.35. The van der Waals surface area contributed by atoms with E-state index in [1.54, 1.807) is 19.2 Å². The Bertz CT molecular complexity index is 414. The van der Waals surface area contributed by atoms with Crippen LogP contribution in [0.1, 0.15) is 5.56 Å². The monoisotopic (exact) mass is 233 g/mol. The Kier molecular flexibility index (Phi) is 6.61. The summed E-state index contributed by atoms with van der Waals surface area (Å²) in [5.41, 5.74) is 1.40. The third-order valence-electron chi connectivity index (χ3n) is 1.59. The summed E-state index contributed by atoms with van der Waals surface area (Å²) >= 11 is 3.92. The van der Waals surface area contributed by atoms with Crippen molar-refractivity contribution in [2.45, 2.75) is 6.92 Å². The van der Waals surface area contributed by atoms with E-state index >= 15 is 0 Å². The van der Waals surface area contributed by atoms with Crippen LogP contribution in [0.15, 0.2) is 23.2 Å². The van der Waals surface area contributed by atoms with Crippen LogP contribution in [0.3, 0.4) is 0 Å². The molecule has 0 aromatic heterocycles. The van der Waals surface area contributed by atoms with Crippen molar-refractivity contribution in [2.24, 2.45) is 4.99 Å². The van der Waals surface area contributed by atoms with Crippen molar-refractivity contribution >= 4 is 53.0 Å². The van der Waals surface area contributed by atoms with Gasteiger partial charge in [-0.1, -0.05) is 0 Å². The van der Waals surface area contributed by atoms with E-state index in [-0.39, 0.29) is 40.5 Å². The standard InChI is InChI=1S/C9H8FN3S.Na.H/c1-6-4-7(10)2-3-8(6)13-9(14)12-5-11;;/h2-4H,1H3,(H2,12,13,14);;. The summed E-state index contributed by atoms with van der Waals surface area (Å²) in [7, 11) is 0. The zero-order valence-electron chi connectivity index (χ0n) is 7.45. The predicted octanol–water partition coefficient (Wildman–Crippen LogP) is 1.66. The van der Waals surface area contributed by atoms with Crippen molar-refractivity contribution in [1.82, 2.24) is 0 Å². The number of amidine groups is 1. The van der Waals surface area contributed by atoms with Gasteiger partial charge in [-0.25, -0.2) is 4.39 Å². The first-order valence-electron chi connectivity index (χ1n) is 3.82. The van der Waals surface area contributed by atoms with E-state index < -0.39 is 0 Å². The predicted molar refractivity (Wildman–Crippen MR) is 63.9 cm³/mol. The van der Waals surface area contributed by atoms with Gasteiger partial charge in [0.1, 0.15) is 5.82 Å². The molecule has 3 nitrogen and oxygen atoms in total. The molecule has 0 aliphatic heterocycles. The fourth-order valence-electron chi connectivity index (χ4n) is 0.963. The summed E-state index contributed by atoms with van der Waals surface area (Å²) in [6.45, 7) is 1.75. The van der Waals surface area contributed by atoms with Crippen LogP contribution in [0.2, 0.25) is 0 Å². The average molecular weight is 233 g/mol. The second kappa shape index (κ2) is 6.85. The fourth-order valence-corrected chi connectivity index (χ4v) is 1.13. The number of benzene rings is 1. The summed E-state index contributed by atoms with van der Waals surface area (Å²) in [6.07, 6.45) is 1.59. The molecule has 0 saturated carbocycles. The third kappa shape index (κ3) is 4.67. The van der Waals surface area contributed by atoms with E-state index in [0.717, 1.165) is 5.56 Å². The molecule has 0 saturated heterocycles. The van der Waals surface area contributed by atoms with Gasteiger partial charge in [0, 0.05) is 5.69 Å². The number of nitriles is 1. The Morgan fingerprint density at radius 2 is 2.27 bits per heavy atom. The summed E-state index contributed by atoms with van der Waals surface area (Å²) < 4.78 is 12.7. The molecule has 0 atom stereocenters. The first-order chi connectivity index (χ1) is 6.63. The number of nitrogens with zero attached hydrogens (tertiary/aromatic N) is 2. The van der Waals surface area contributed by atoms with Crippen LogP contribution in [-0.4, -0.2) is 34.7 Å². The van der Waals surface area contributed by atoms with E-state index in [4.69, 9.17) is 5.26 Å². The molecule has 1 aromatic rings. The van der Waals surface area contributed by atoms with Crippen LogP contribution in [0.4, 0.5) is 10.1 Å². The van der Waals surface area contributed by atoms with Gasteiger partial charge in [-0.15, -0.1) is 17.6 Å². The van der Waals surface area contributed by atoms with Crippen molar-refractivity contribution in [3.05, 3.63) is 29.6 Å². The van der Waals surface area contributed by atoms with Gasteiger partial charge in [0.05, 0.1) is 0 Å². The van der Waals surface area contributed by atoms with Crippen LogP contribution in [-0.2, 0) is 0 Å². The number of aliphatic imine (C=N–C) groups is 1. The average Bonchev–Trinajstić information content (AvgIpc) is 2.10. The molecule has 0 aliphatic rings. The molecule has 0 fully saturated rings. The summed E-state index contributed by atoms with van der Waals surface area (Å²) in [5.74, 6) is -0.300. The SMILES string of the molecule is Cc1cc(F)ccc1NC(S)=NC#N.[NaH]. The van der Waals surface area contributed by atoms with E-state index in [1.807, 2.05) is 0 Å². The van der Waals surface area contributed by atoms with E-state index in [1.165, 1.54) is 12.1 Å². The van der Waals surface area contributed by atoms with E-state index in [0.29, 0.717) is 5.69 Å². The molecule has 0 amide bonds. The minimum atomic E-state index is -0.300. The number of rotatable bonds is 1. The minimum absolute atomic E-state index is 0. The Morgan fingerprint density at radius 1 is 1.60 bits per heavy atom. The van der Waals surface area contributed by atoms with Crippen molar-refractivity contribution < 1.29 is 4.39 Å². The number of halogens is 1. The summed E-state index contributed by atoms with van der Waals surface area (Å²) in [5, 5.41) is 11.2. The fraction of sp³-hybridized carbons (Fsp3) is 0.111. The molecule has 15 heavy (non-hydrogen) atoms. The quantitative estimate of drug-likeness (QED) is 0.255. The molecule has 0 spiro atoms. The number of thiol groups is 1. The van der Waals surface area contributed by atoms with Crippen LogP contribution >= 0.6 is 12.6 Å². The van der Waals surface area contributed by atoms with Gasteiger partial charge >= 0.3 is 29.6 Å². The van der Waals surface area contributed by atoms with Gasteiger partial charge < -0.3 is 5.32 Å². The van der Waals surface area contributed by atoms with E-state index in [9.17, 15) is 4.39 Å². The molecule has 0 unspecified atom stereocenters. The van der Waals surface area contributed by atoms with Crippen LogP contribution in [0, 0.1) is 24.2 Å². The maximum atomic E-state index is 12.7. The molecular formula is C9H9FN3NaS. The van der Waals surface area contributed by atoms with Crippen LogP contribution in [0.5, 0.6) is 0 Å². The molecule has 0 aliphatic carbocycles. The number of hydrogen-bond donors (Lipinski definition) is 2. The normalized spacial score (nSPS) is 10.1. The second-order valence-corrected chi connectivity index (χ2v) is 3.04. The number of aryl methyl sites for hydroxylation is 1. The number of hydrogen-bond acceptors (Lipinski definition) is 2. The van der Waals surface area contributed by atoms with Crippen molar-refractivity contribution in [1.29, 1.82) is 5.26 Å². The maximum absolute atomic E-state index is 12.7. The van der Waals surface area contributed by atoms with Gasteiger partial charge in [-0.2, -0.15) is 5.26 Å². The van der Waals surface area contributed by atoms with Gasteiger partial charge in [0.2, 0.25) is 6.19 Å². The van der Waals surface area contributed by atoms with Crippen molar-refractivity contribution in [2.75, 3.05) is 5.32 Å². The summed E-state index contributed by atoms with van der Waals surface area (Å²) in [4.78, 5) is 3.36. The first kappa shape index (κ1) is 14.5. The second-order valence-electron chi connectivity index (χ2n) is 2.62. The Morgan fingerprint density at radius 3 is 2.80 bits per heavy atom. The van der Waals surface area contributed by atoms with Crippen LogP contribution in [0.25, 0.3) is 0 Å². The molecule has 6 heteroatoms. The zero-order chi connectivity index (χ0) is 10.6. The molecule has 0 heterocycles. The summed E-state index contributed by atoms with van der Waals surface area (Å²) in [6, 6.07) is 4.27. The van der Waals surface area contributed by atoms with Gasteiger partial charge in [-0.3, -0.25) is 0 Å². The molecule has 1 rings (SSSR count). The molecule has 1 aromatic carbocycles. The van der Waals surface area contributed by atoms with Crippen molar-refractivity contribution in [3.8, 4) is 6.19 Å². The Balaban J connectivity index is 0.00000196. The third-order valence-corrected chi connectivity index (χ3v) is 1.80. The topological polar surface area (TPSA) is 48.2 Å². The Hall–Kier alpha value is -0.540. The molecule has 0 bridgehead atoms. The van der Waals surface area contributed by atoms with Gasteiger partial charge in [-0.05, 0) is 30.7 Å². The van der Waals surface area contributed by atoms with Gasteiger partial charge in [0.15, 0.2) is 5.17 Å². The van der Waals surface area contributed by atoms with Crippen molar-refractivity contribution in [3.63, 3.8) is 0 Å². The Labute approximate surface area is 115 Å². The molecule has 1 N–H and O–H groups in total. The van der Waals surface area contributed by atoms with Crippen LogP contribution < -0.4 is 5.32 Å².